The second kappa shape index (κ2) is 5.73. The summed E-state index contributed by atoms with van der Waals surface area (Å²) in [7, 11) is 0. The lowest BCUT2D eigenvalue weighted by atomic mass is 10.1. The Morgan fingerprint density at radius 3 is 2.74 bits per heavy atom. The van der Waals surface area contributed by atoms with Gasteiger partial charge in [-0.1, -0.05) is 17.7 Å². The van der Waals surface area contributed by atoms with Gasteiger partial charge >= 0.3 is 0 Å². The minimum Gasteiger partial charge on any atom is -0.380 e. The summed E-state index contributed by atoms with van der Waals surface area (Å²) in [5.41, 5.74) is 3.24. The number of rotatable bonds is 3. The Morgan fingerprint density at radius 1 is 1.26 bits per heavy atom. The average molecular weight is 275 g/mol. The van der Waals surface area contributed by atoms with E-state index in [1.54, 1.807) is 6.07 Å². The number of halogens is 2. The highest BCUT2D eigenvalue weighted by Gasteiger charge is 2.04. The monoisotopic (exact) mass is 274 g/mol. The molecule has 0 aliphatic heterocycles. The fourth-order valence-electron chi connectivity index (χ4n) is 1.79. The number of hydrogen-bond acceptors (Lipinski definition) is 2. The van der Waals surface area contributed by atoms with Crippen LogP contribution in [0.3, 0.4) is 0 Å². The number of hydrogen-bond donors (Lipinski definition) is 1. The Labute approximate surface area is 116 Å². The number of anilines is 1. The summed E-state index contributed by atoms with van der Waals surface area (Å²) in [6.45, 7) is 2.46. The molecule has 0 bridgehead atoms. The van der Waals surface area contributed by atoms with Gasteiger partial charge in [-0.05, 0) is 48.4 Å². The summed E-state index contributed by atoms with van der Waals surface area (Å²) < 4.78 is 13.1. The van der Waals surface area contributed by atoms with Gasteiger partial charge in [0.25, 0.3) is 0 Å². The lowest BCUT2D eigenvalue weighted by Crippen LogP contribution is -2.02. The van der Waals surface area contributed by atoms with E-state index in [-0.39, 0.29) is 5.82 Å². The first kappa shape index (κ1) is 13.4. The van der Waals surface area contributed by atoms with Crippen molar-refractivity contribution in [3.05, 3.63) is 63.9 Å². The maximum absolute atomic E-state index is 13.1. The van der Waals surface area contributed by atoms with Crippen LogP contribution in [-0.2, 0) is 6.54 Å². The Morgan fingerprint density at radius 2 is 2.05 bits per heavy atom. The molecule has 0 fully saturated rings. The van der Waals surface area contributed by atoms with Gasteiger partial charge in [0.05, 0.1) is 22.3 Å². The van der Waals surface area contributed by atoms with Crippen LogP contribution in [-0.4, -0.2) is 0 Å². The van der Waals surface area contributed by atoms with Gasteiger partial charge in [0, 0.05) is 6.54 Å². The van der Waals surface area contributed by atoms with E-state index < -0.39 is 0 Å². The molecule has 0 atom stereocenters. The van der Waals surface area contributed by atoms with Crippen molar-refractivity contribution in [1.29, 1.82) is 5.26 Å². The summed E-state index contributed by atoms with van der Waals surface area (Å²) in [6.07, 6.45) is 0. The van der Waals surface area contributed by atoms with Crippen LogP contribution >= 0.6 is 11.6 Å². The zero-order chi connectivity index (χ0) is 13.8. The predicted molar refractivity (Wildman–Crippen MR) is 74.6 cm³/mol. The Kier molecular flexibility index (Phi) is 4.03. The van der Waals surface area contributed by atoms with E-state index >= 15 is 0 Å². The second-order valence-electron chi connectivity index (χ2n) is 4.23. The highest BCUT2D eigenvalue weighted by atomic mass is 35.5. The van der Waals surface area contributed by atoms with Crippen LogP contribution in [0.4, 0.5) is 10.1 Å². The summed E-state index contributed by atoms with van der Waals surface area (Å²) >= 11 is 5.98. The van der Waals surface area contributed by atoms with Gasteiger partial charge in [0.15, 0.2) is 0 Å². The van der Waals surface area contributed by atoms with Crippen molar-refractivity contribution in [2.24, 2.45) is 0 Å². The first-order valence-electron chi connectivity index (χ1n) is 5.78. The highest BCUT2D eigenvalue weighted by molar-refractivity contribution is 6.33. The molecule has 0 saturated heterocycles. The maximum atomic E-state index is 13.1. The molecular weight excluding hydrogens is 263 g/mol. The summed E-state index contributed by atoms with van der Waals surface area (Å²) in [6, 6.07) is 11.8. The molecule has 4 heteroatoms. The van der Waals surface area contributed by atoms with Gasteiger partial charge in [-0.25, -0.2) is 4.39 Å². The van der Waals surface area contributed by atoms with Gasteiger partial charge in [0.1, 0.15) is 5.82 Å². The van der Waals surface area contributed by atoms with E-state index in [0.29, 0.717) is 22.8 Å². The maximum Gasteiger partial charge on any atom is 0.125 e. The van der Waals surface area contributed by atoms with E-state index in [4.69, 9.17) is 16.9 Å². The molecule has 2 aromatic rings. The van der Waals surface area contributed by atoms with Crippen molar-refractivity contribution in [3.63, 3.8) is 0 Å². The number of nitrogens with one attached hydrogen (secondary N) is 1. The van der Waals surface area contributed by atoms with Gasteiger partial charge in [-0.15, -0.1) is 0 Å². The highest BCUT2D eigenvalue weighted by Crippen LogP contribution is 2.23. The van der Waals surface area contributed by atoms with E-state index in [0.717, 1.165) is 11.1 Å². The first-order chi connectivity index (χ1) is 9.10. The fraction of sp³-hybridized carbons (Fsp3) is 0.133. The van der Waals surface area contributed by atoms with Gasteiger partial charge in [0.2, 0.25) is 0 Å². The van der Waals surface area contributed by atoms with Crippen LogP contribution in [0, 0.1) is 24.1 Å². The number of aryl methyl sites for hydroxylation is 1. The van der Waals surface area contributed by atoms with E-state index in [1.807, 2.05) is 19.1 Å². The van der Waals surface area contributed by atoms with Gasteiger partial charge in [-0.3, -0.25) is 0 Å². The average Bonchev–Trinajstić information content (AvgIpc) is 2.40. The third kappa shape index (κ3) is 3.24. The van der Waals surface area contributed by atoms with Crippen LogP contribution in [0.25, 0.3) is 0 Å². The molecule has 0 unspecified atom stereocenters. The fourth-order valence-corrected chi connectivity index (χ4v) is 1.97. The van der Waals surface area contributed by atoms with Crippen molar-refractivity contribution >= 4 is 17.3 Å². The molecule has 19 heavy (non-hydrogen) atoms. The molecular formula is C15H12ClFN2. The van der Waals surface area contributed by atoms with E-state index in [9.17, 15) is 4.39 Å². The molecule has 0 heterocycles. The van der Waals surface area contributed by atoms with Crippen molar-refractivity contribution in [2.45, 2.75) is 13.5 Å². The lowest BCUT2D eigenvalue weighted by molar-refractivity contribution is 0.628. The number of benzene rings is 2. The molecule has 1 N–H and O–H groups in total. The molecule has 2 rings (SSSR count). The minimum atomic E-state index is -0.330. The molecule has 0 radical (unpaired) electrons. The van der Waals surface area contributed by atoms with Crippen LogP contribution in [0.1, 0.15) is 16.7 Å². The number of nitrogens with zero attached hydrogens (tertiary/aromatic N) is 1. The molecule has 96 valence electrons. The predicted octanol–water partition coefficient (Wildman–Crippen LogP) is 4.27. The quantitative estimate of drug-likeness (QED) is 0.907. The molecule has 2 nitrogen and oxygen atoms in total. The van der Waals surface area contributed by atoms with Gasteiger partial charge in [-0.2, -0.15) is 5.26 Å². The third-order valence-corrected chi connectivity index (χ3v) is 3.20. The first-order valence-corrected chi connectivity index (χ1v) is 6.16. The molecule has 0 aliphatic carbocycles. The Bertz CT molecular complexity index is 647. The van der Waals surface area contributed by atoms with Crippen LogP contribution < -0.4 is 5.32 Å². The lowest BCUT2D eigenvalue weighted by Gasteiger charge is -2.10. The molecule has 0 saturated carbocycles. The normalized spacial score (nSPS) is 10.0. The summed E-state index contributed by atoms with van der Waals surface area (Å²) in [5.74, 6) is -0.330. The topological polar surface area (TPSA) is 35.8 Å². The minimum absolute atomic E-state index is 0.330. The summed E-state index contributed by atoms with van der Waals surface area (Å²) in [5, 5.41) is 12.4. The zero-order valence-corrected chi connectivity index (χ0v) is 11.1. The molecule has 0 aliphatic rings. The van der Waals surface area contributed by atoms with Crippen molar-refractivity contribution < 1.29 is 4.39 Å². The smallest absolute Gasteiger partial charge is 0.125 e. The van der Waals surface area contributed by atoms with Crippen LogP contribution in [0.15, 0.2) is 36.4 Å². The number of nitriles is 1. The van der Waals surface area contributed by atoms with Gasteiger partial charge < -0.3 is 5.32 Å². The molecule has 0 amide bonds. The second-order valence-corrected chi connectivity index (χ2v) is 4.64. The zero-order valence-electron chi connectivity index (χ0n) is 10.4. The van der Waals surface area contributed by atoms with Crippen molar-refractivity contribution in [3.8, 4) is 6.07 Å². The summed E-state index contributed by atoms with van der Waals surface area (Å²) in [4.78, 5) is 0. The Balaban J connectivity index is 2.15. The van der Waals surface area contributed by atoms with Crippen molar-refractivity contribution in [2.75, 3.05) is 5.32 Å². The van der Waals surface area contributed by atoms with E-state index in [2.05, 4.69) is 11.4 Å². The van der Waals surface area contributed by atoms with Crippen molar-refractivity contribution in [1.82, 2.24) is 0 Å². The SMILES string of the molecule is Cc1cc(C#N)ccc1CNc1cc(F)ccc1Cl. The van der Waals surface area contributed by atoms with Crippen LogP contribution in [0.5, 0.6) is 0 Å². The molecule has 0 spiro atoms. The molecule has 0 aromatic heterocycles. The van der Waals surface area contributed by atoms with E-state index in [1.165, 1.54) is 18.2 Å². The largest absolute Gasteiger partial charge is 0.380 e. The molecule has 2 aromatic carbocycles. The van der Waals surface area contributed by atoms with Crippen LogP contribution in [0.2, 0.25) is 5.02 Å². The third-order valence-electron chi connectivity index (χ3n) is 2.87. The Hall–Kier alpha value is -2.05. The standard InChI is InChI=1S/C15H12ClFN2/c1-10-6-11(8-18)2-3-12(10)9-19-15-7-13(17)4-5-14(15)16/h2-7,19H,9H2,1H3.